The second kappa shape index (κ2) is 7.47. The highest BCUT2D eigenvalue weighted by molar-refractivity contribution is 7.99. The Morgan fingerprint density at radius 1 is 1.13 bits per heavy atom. The molecule has 5 heteroatoms. The first-order valence-corrected chi connectivity index (χ1v) is 9.05. The van der Waals surface area contributed by atoms with Gasteiger partial charge in [0, 0.05) is 42.3 Å². The molecule has 0 bridgehead atoms. The molecule has 0 atom stereocenters. The fourth-order valence-electron chi connectivity index (χ4n) is 2.63. The summed E-state index contributed by atoms with van der Waals surface area (Å²) >= 11 is 7.65. The third-order valence-corrected chi connectivity index (χ3v) is 5.13. The number of thioether (sulfide) groups is 1. The lowest BCUT2D eigenvalue weighted by atomic mass is 10.0. The van der Waals surface area contributed by atoms with E-state index in [1.165, 1.54) is 12.1 Å². The van der Waals surface area contributed by atoms with Gasteiger partial charge in [-0.3, -0.25) is 9.69 Å². The van der Waals surface area contributed by atoms with E-state index >= 15 is 0 Å². The van der Waals surface area contributed by atoms with Crippen molar-refractivity contribution in [3.05, 3.63) is 70.0 Å². The van der Waals surface area contributed by atoms with Gasteiger partial charge in [0.1, 0.15) is 5.82 Å². The van der Waals surface area contributed by atoms with Crippen LogP contribution < -0.4 is 0 Å². The summed E-state index contributed by atoms with van der Waals surface area (Å²) in [6.45, 7) is 2.99. The molecule has 1 aliphatic rings. The minimum atomic E-state index is -0.570. The van der Waals surface area contributed by atoms with Gasteiger partial charge >= 0.3 is 0 Å². The molecule has 0 radical (unpaired) electrons. The van der Waals surface area contributed by atoms with Crippen LogP contribution in [0.2, 0.25) is 5.02 Å². The fourth-order valence-corrected chi connectivity index (χ4v) is 3.73. The molecule has 0 spiro atoms. The Hall–Kier alpha value is -1.36. The number of nitrogens with zero attached hydrogens (tertiary/aromatic N) is 1. The monoisotopic (exact) mass is 349 g/mol. The SMILES string of the molecule is O=C(c1cccc(CN2CCSCC2)c1)c1ccc(Cl)c(F)c1. The van der Waals surface area contributed by atoms with E-state index in [0.717, 1.165) is 36.7 Å². The predicted molar refractivity (Wildman–Crippen MR) is 93.9 cm³/mol. The van der Waals surface area contributed by atoms with Crippen LogP contribution in [0.4, 0.5) is 4.39 Å². The van der Waals surface area contributed by atoms with Gasteiger partial charge in [-0.05, 0) is 29.8 Å². The molecule has 1 fully saturated rings. The Labute approximate surface area is 144 Å². The average molecular weight is 350 g/mol. The molecule has 0 aromatic heterocycles. The van der Waals surface area contributed by atoms with Crippen LogP contribution in [0.1, 0.15) is 21.5 Å². The Morgan fingerprint density at radius 3 is 2.61 bits per heavy atom. The molecular formula is C18H17ClFNOS. The van der Waals surface area contributed by atoms with Gasteiger partial charge < -0.3 is 0 Å². The van der Waals surface area contributed by atoms with Gasteiger partial charge in [-0.15, -0.1) is 0 Å². The highest BCUT2D eigenvalue weighted by Gasteiger charge is 2.14. The van der Waals surface area contributed by atoms with Crippen LogP contribution in [0.15, 0.2) is 42.5 Å². The molecule has 0 amide bonds. The van der Waals surface area contributed by atoms with Crippen LogP contribution in [-0.4, -0.2) is 35.3 Å². The van der Waals surface area contributed by atoms with Crippen LogP contribution in [0.5, 0.6) is 0 Å². The maximum Gasteiger partial charge on any atom is 0.193 e. The maximum absolute atomic E-state index is 13.6. The average Bonchev–Trinajstić information content (AvgIpc) is 2.58. The Kier molecular flexibility index (Phi) is 5.36. The Bertz CT molecular complexity index is 716. The van der Waals surface area contributed by atoms with Gasteiger partial charge in [-0.1, -0.05) is 29.8 Å². The van der Waals surface area contributed by atoms with Crippen molar-refractivity contribution in [2.75, 3.05) is 24.6 Å². The van der Waals surface area contributed by atoms with E-state index in [1.54, 1.807) is 12.1 Å². The summed E-state index contributed by atoms with van der Waals surface area (Å²) in [4.78, 5) is 14.9. The van der Waals surface area contributed by atoms with Crippen molar-refractivity contribution in [3.8, 4) is 0 Å². The van der Waals surface area contributed by atoms with E-state index in [2.05, 4.69) is 4.90 Å². The quantitative estimate of drug-likeness (QED) is 0.769. The number of rotatable bonds is 4. The van der Waals surface area contributed by atoms with Crippen molar-refractivity contribution in [1.82, 2.24) is 4.90 Å². The second-order valence-electron chi connectivity index (χ2n) is 5.55. The molecule has 3 rings (SSSR count). The van der Waals surface area contributed by atoms with E-state index in [9.17, 15) is 9.18 Å². The topological polar surface area (TPSA) is 20.3 Å². The van der Waals surface area contributed by atoms with Gasteiger partial charge in [0.05, 0.1) is 5.02 Å². The standard InChI is InChI=1S/C18H17ClFNOS/c19-16-5-4-15(11-17(16)20)18(22)14-3-1-2-13(10-14)12-21-6-8-23-9-7-21/h1-5,10-11H,6-9,12H2. The molecule has 2 nitrogen and oxygen atoms in total. The molecule has 1 aliphatic heterocycles. The molecule has 0 aliphatic carbocycles. The summed E-state index contributed by atoms with van der Waals surface area (Å²) in [7, 11) is 0. The number of halogens is 2. The van der Waals surface area contributed by atoms with E-state index < -0.39 is 5.82 Å². The van der Waals surface area contributed by atoms with Gasteiger partial charge in [0.2, 0.25) is 0 Å². The van der Waals surface area contributed by atoms with Gasteiger partial charge in [-0.25, -0.2) is 4.39 Å². The lowest BCUT2D eigenvalue weighted by Crippen LogP contribution is -2.31. The Balaban J connectivity index is 1.78. The maximum atomic E-state index is 13.6. The summed E-state index contributed by atoms with van der Waals surface area (Å²) in [5.74, 6) is 1.56. The lowest BCUT2D eigenvalue weighted by Gasteiger charge is -2.26. The van der Waals surface area contributed by atoms with Crippen LogP contribution in [0, 0.1) is 5.82 Å². The fraction of sp³-hybridized carbons (Fsp3) is 0.278. The van der Waals surface area contributed by atoms with Crippen molar-refractivity contribution in [1.29, 1.82) is 0 Å². The molecule has 0 saturated carbocycles. The minimum absolute atomic E-state index is 0.0262. The number of hydrogen-bond donors (Lipinski definition) is 0. The minimum Gasteiger partial charge on any atom is -0.297 e. The third kappa shape index (κ3) is 4.14. The zero-order valence-corrected chi connectivity index (χ0v) is 14.2. The lowest BCUT2D eigenvalue weighted by molar-refractivity contribution is 0.103. The van der Waals surface area contributed by atoms with Crippen LogP contribution in [0.3, 0.4) is 0 Å². The normalized spacial score (nSPS) is 15.6. The summed E-state index contributed by atoms with van der Waals surface area (Å²) in [5.41, 5.74) is 2.01. The molecule has 2 aromatic carbocycles. The molecule has 1 saturated heterocycles. The largest absolute Gasteiger partial charge is 0.297 e. The number of benzene rings is 2. The highest BCUT2D eigenvalue weighted by atomic mass is 35.5. The van der Waals surface area contributed by atoms with Gasteiger partial charge in [0.25, 0.3) is 0 Å². The summed E-state index contributed by atoms with van der Waals surface area (Å²) in [6, 6.07) is 11.7. The zero-order valence-electron chi connectivity index (χ0n) is 12.6. The highest BCUT2D eigenvalue weighted by Crippen LogP contribution is 2.19. The molecular weight excluding hydrogens is 333 g/mol. The molecule has 120 valence electrons. The first kappa shape index (κ1) is 16.5. The predicted octanol–water partition coefficient (Wildman–Crippen LogP) is 4.26. The van der Waals surface area contributed by atoms with Crippen LogP contribution in [-0.2, 0) is 6.54 Å². The zero-order chi connectivity index (χ0) is 16.2. The molecule has 0 N–H and O–H groups in total. The molecule has 23 heavy (non-hydrogen) atoms. The van der Waals surface area contributed by atoms with Crippen molar-refractivity contribution >= 4 is 29.1 Å². The number of ketones is 1. The second-order valence-corrected chi connectivity index (χ2v) is 7.18. The van der Waals surface area contributed by atoms with Gasteiger partial charge in [-0.2, -0.15) is 11.8 Å². The molecule has 0 unspecified atom stereocenters. The van der Waals surface area contributed by atoms with E-state index in [-0.39, 0.29) is 10.8 Å². The first-order chi connectivity index (χ1) is 11.1. The molecule has 2 aromatic rings. The summed E-state index contributed by atoms with van der Waals surface area (Å²) in [6.07, 6.45) is 0. The number of hydrogen-bond acceptors (Lipinski definition) is 3. The van der Waals surface area contributed by atoms with Crippen LogP contribution >= 0.6 is 23.4 Å². The number of carbonyl (C=O) groups is 1. The summed E-state index contributed by atoms with van der Waals surface area (Å²) in [5, 5.41) is 0.0262. The smallest absolute Gasteiger partial charge is 0.193 e. The van der Waals surface area contributed by atoms with Crippen molar-refractivity contribution in [3.63, 3.8) is 0 Å². The number of carbonyl (C=O) groups excluding carboxylic acids is 1. The summed E-state index contributed by atoms with van der Waals surface area (Å²) < 4.78 is 13.6. The van der Waals surface area contributed by atoms with Crippen LogP contribution in [0.25, 0.3) is 0 Å². The molecule has 1 heterocycles. The van der Waals surface area contributed by atoms with Crippen molar-refractivity contribution in [2.24, 2.45) is 0 Å². The Morgan fingerprint density at radius 2 is 1.87 bits per heavy atom. The van der Waals surface area contributed by atoms with E-state index in [4.69, 9.17) is 11.6 Å². The third-order valence-electron chi connectivity index (χ3n) is 3.88. The van der Waals surface area contributed by atoms with Gasteiger partial charge in [0.15, 0.2) is 5.78 Å². The van der Waals surface area contributed by atoms with E-state index in [1.807, 2.05) is 30.0 Å². The first-order valence-electron chi connectivity index (χ1n) is 7.52. The van der Waals surface area contributed by atoms with E-state index in [0.29, 0.717) is 11.1 Å². The van der Waals surface area contributed by atoms with Crippen molar-refractivity contribution < 1.29 is 9.18 Å². The van der Waals surface area contributed by atoms with Crippen molar-refractivity contribution in [2.45, 2.75) is 6.54 Å².